The SMILES string of the molecule is CCNC(=O)NC(=O)CNc1ccc(-n2cccn2)c(Cl)c1. The quantitative estimate of drug-likeness (QED) is 0.783. The van der Waals surface area contributed by atoms with E-state index >= 15 is 0 Å². The highest BCUT2D eigenvalue weighted by molar-refractivity contribution is 6.32. The van der Waals surface area contributed by atoms with Gasteiger partial charge in [0.25, 0.3) is 0 Å². The van der Waals surface area contributed by atoms with E-state index in [1.807, 2.05) is 0 Å². The Morgan fingerprint density at radius 1 is 1.36 bits per heavy atom. The summed E-state index contributed by atoms with van der Waals surface area (Å²) in [6, 6.07) is 6.55. The normalized spacial score (nSPS) is 10.1. The van der Waals surface area contributed by atoms with Crippen LogP contribution in [0.4, 0.5) is 10.5 Å². The number of anilines is 1. The molecule has 1 heterocycles. The van der Waals surface area contributed by atoms with Gasteiger partial charge in [0.05, 0.1) is 17.3 Å². The largest absolute Gasteiger partial charge is 0.376 e. The molecule has 1 aromatic heterocycles. The second kappa shape index (κ2) is 7.46. The van der Waals surface area contributed by atoms with Crippen molar-refractivity contribution in [2.45, 2.75) is 6.92 Å². The van der Waals surface area contributed by atoms with Gasteiger partial charge in [0.15, 0.2) is 0 Å². The van der Waals surface area contributed by atoms with E-state index in [1.165, 1.54) is 0 Å². The average molecular weight is 322 g/mol. The second-order valence-corrected chi connectivity index (χ2v) is 4.79. The number of amides is 3. The van der Waals surface area contributed by atoms with Gasteiger partial charge in [-0.05, 0) is 31.2 Å². The summed E-state index contributed by atoms with van der Waals surface area (Å²) in [7, 11) is 0. The zero-order valence-electron chi connectivity index (χ0n) is 12.0. The Hall–Kier alpha value is -2.54. The van der Waals surface area contributed by atoms with E-state index in [4.69, 9.17) is 11.6 Å². The number of hydrogen-bond donors (Lipinski definition) is 3. The molecule has 116 valence electrons. The first-order chi connectivity index (χ1) is 10.6. The minimum Gasteiger partial charge on any atom is -0.376 e. The Morgan fingerprint density at radius 3 is 2.82 bits per heavy atom. The number of nitrogens with one attached hydrogen (secondary N) is 3. The Labute approximate surface area is 132 Å². The highest BCUT2D eigenvalue weighted by Gasteiger charge is 2.08. The standard InChI is InChI=1S/C14H16ClN5O2/c1-2-16-14(22)19-13(21)9-17-10-4-5-12(11(15)8-10)20-7-3-6-18-20/h3-8,17H,2,9H2,1H3,(H2,16,19,21,22). The van der Waals surface area contributed by atoms with Gasteiger partial charge in [-0.1, -0.05) is 11.6 Å². The van der Waals surface area contributed by atoms with Gasteiger partial charge in [0.1, 0.15) is 0 Å². The molecule has 0 spiro atoms. The van der Waals surface area contributed by atoms with Gasteiger partial charge in [0, 0.05) is 24.6 Å². The van der Waals surface area contributed by atoms with Crippen LogP contribution in [-0.4, -0.2) is 34.8 Å². The monoisotopic (exact) mass is 321 g/mol. The molecule has 0 aliphatic rings. The molecule has 0 saturated carbocycles. The minimum atomic E-state index is -0.513. The zero-order valence-corrected chi connectivity index (χ0v) is 12.7. The van der Waals surface area contributed by atoms with E-state index in [2.05, 4.69) is 21.0 Å². The first-order valence-corrected chi connectivity index (χ1v) is 7.09. The van der Waals surface area contributed by atoms with Crippen LogP contribution in [0.1, 0.15) is 6.92 Å². The minimum absolute atomic E-state index is 0.0332. The van der Waals surface area contributed by atoms with E-state index in [9.17, 15) is 9.59 Å². The van der Waals surface area contributed by atoms with Crippen LogP contribution in [0.25, 0.3) is 5.69 Å². The molecule has 0 bridgehead atoms. The van der Waals surface area contributed by atoms with Crippen molar-refractivity contribution in [1.29, 1.82) is 0 Å². The fourth-order valence-electron chi connectivity index (χ4n) is 1.77. The first-order valence-electron chi connectivity index (χ1n) is 6.71. The molecule has 1 aromatic carbocycles. The molecule has 2 aromatic rings. The van der Waals surface area contributed by atoms with Crippen molar-refractivity contribution in [3.8, 4) is 5.69 Å². The molecule has 0 fully saturated rings. The lowest BCUT2D eigenvalue weighted by molar-refractivity contribution is -0.118. The Morgan fingerprint density at radius 2 is 2.18 bits per heavy atom. The molecular weight excluding hydrogens is 306 g/mol. The van der Waals surface area contributed by atoms with Crippen molar-refractivity contribution in [3.63, 3.8) is 0 Å². The van der Waals surface area contributed by atoms with E-state index < -0.39 is 11.9 Å². The van der Waals surface area contributed by atoms with Crippen LogP contribution in [-0.2, 0) is 4.79 Å². The lowest BCUT2D eigenvalue weighted by Crippen LogP contribution is -2.41. The van der Waals surface area contributed by atoms with Gasteiger partial charge in [-0.3, -0.25) is 10.1 Å². The molecule has 0 saturated heterocycles. The van der Waals surface area contributed by atoms with Crippen LogP contribution in [0.2, 0.25) is 5.02 Å². The molecule has 7 nitrogen and oxygen atoms in total. The maximum atomic E-state index is 11.6. The number of carbonyl (C=O) groups is 2. The number of imide groups is 1. The summed E-state index contributed by atoms with van der Waals surface area (Å²) in [5.41, 5.74) is 1.41. The van der Waals surface area contributed by atoms with Gasteiger partial charge < -0.3 is 10.6 Å². The summed E-state index contributed by atoms with van der Waals surface area (Å²) in [6.45, 7) is 2.19. The third-order valence-electron chi connectivity index (χ3n) is 2.74. The smallest absolute Gasteiger partial charge is 0.321 e. The predicted octanol–water partition coefficient (Wildman–Crippen LogP) is 1.78. The Kier molecular flexibility index (Phi) is 5.37. The van der Waals surface area contributed by atoms with Gasteiger partial charge in [0.2, 0.25) is 5.91 Å². The topological polar surface area (TPSA) is 88.0 Å². The van der Waals surface area contributed by atoms with Crippen LogP contribution >= 0.6 is 11.6 Å². The number of halogens is 1. The molecule has 3 N–H and O–H groups in total. The molecule has 0 unspecified atom stereocenters. The van der Waals surface area contributed by atoms with Crippen LogP contribution in [0.5, 0.6) is 0 Å². The number of urea groups is 1. The molecule has 0 atom stereocenters. The Bertz CT molecular complexity index is 657. The Balaban J connectivity index is 1.93. The molecule has 8 heteroatoms. The maximum absolute atomic E-state index is 11.6. The lowest BCUT2D eigenvalue weighted by atomic mass is 10.2. The van der Waals surface area contributed by atoms with Crippen molar-refractivity contribution < 1.29 is 9.59 Å². The van der Waals surface area contributed by atoms with Crippen LogP contribution in [0.15, 0.2) is 36.7 Å². The van der Waals surface area contributed by atoms with E-state index in [0.29, 0.717) is 17.3 Å². The van der Waals surface area contributed by atoms with Gasteiger partial charge in [-0.2, -0.15) is 5.10 Å². The highest BCUT2D eigenvalue weighted by Crippen LogP contribution is 2.23. The molecular formula is C14H16ClN5O2. The maximum Gasteiger partial charge on any atom is 0.321 e. The average Bonchev–Trinajstić information content (AvgIpc) is 2.99. The van der Waals surface area contributed by atoms with Crippen molar-refractivity contribution in [3.05, 3.63) is 41.7 Å². The summed E-state index contributed by atoms with van der Waals surface area (Å²) in [6.07, 6.45) is 3.45. The summed E-state index contributed by atoms with van der Waals surface area (Å²) in [5.74, 6) is -0.432. The zero-order chi connectivity index (χ0) is 15.9. The number of nitrogens with zero attached hydrogens (tertiary/aromatic N) is 2. The van der Waals surface area contributed by atoms with Gasteiger partial charge in [-0.25, -0.2) is 9.48 Å². The molecule has 2 rings (SSSR count). The van der Waals surface area contributed by atoms with E-state index in [-0.39, 0.29) is 6.54 Å². The van der Waals surface area contributed by atoms with Gasteiger partial charge >= 0.3 is 6.03 Å². The number of carbonyl (C=O) groups excluding carboxylic acids is 2. The molecule has 0 radical (unpaired) electrons. The van der Waals surface area contributed by atoms with Crippen molar-refractivity contribution >= 4 is 29.2 Å². The van der Waals surface area contributed by atoms with Crippen LogP contribution in [0.3, 0.4) is 0 Å². The number of hydrogen-bond acceptors (Lipinski definition) is 4. The second-order valence-electron chi connectivity index (χ2n) is 4.38. The van der Waals surface area contributed by atoms with Crippen LogP contribution < -0.4 is 16.0 Å². The number of rotatable bonds is 5. The highest BCUT2D eigenvalue weighted by atomic mass is 35.5. The summed E-state index contributed by atoms with van der Waals surface area (Å²) in [4.78, 5) is 22.8. The van der Waals surface area contributed by atoms with Crippen molar-refractivity contribution in [1.82, 2.24) is 20.4 Å². The number of aromatic nitrogens is 2. The summed E-state index contributed by atoms with van der Waals surface area (Å²) in [5, 5.41) is 12.2. The lowest BCUT2D eigenvalue weighted by Gasteiger charge is -2.10. The fourth-order valence-corrected chi connectivity index (χ4v) is 2.04. The summed E-state index contributed by atoms with van der Waals surface area (Å²) < 4.78 is 1.65. The first kappa shape index (κ1) is 15.8. The van der Waals surface area contributed by atoms with Crippen molar-refractivity contribution in [2.75, 3.05) is 18.4 Å². The van der Waals surface area contributed by atoms with Gasteiger partial charge in [-0.15, -0.1) is 0 Å². The third-order valence-corrected chi connectivity index (χ3v) is 3.04. The molecule has 0 aliphatic heterocycles. The fraction of sp³-hybridized carbons (Fsp3) is 0.214. The predicted molar refractivity (Wildman–Crippen MR) is 84.3 cm³/mol. The van der Waals surface area contributed by atoms with E-state index in [0.717, 1.165) is 5.69 Å². The molecule has 3 amide bonds. The summed E-state index contributed by atoms with van der Waals surface area (Å²) >= 11 is 6.20. The molecule has 0 aliphatic carbocycles. The van der Waals surface area contributed by atoms with E-state index in [1.54, 1.807) is 48.3 Å². The third kappa shape index (κ3) is 4.23. The number of benzene rings is 1. The molecule has 22 heavy (non-hydrogen) atoms. The van der Waals surface area contributed by atoms with Crippen molar-refractivity contribution in [2.24, 2.45) is 0 Å². The van der Waals surface area contributed by atoms with Crippen LogP contribution in [0, 0.1) is 0 Å².